The first-order valence-electron chi connectivity index (χ1n) is 7.78. The largest absolute Gasteiger partial charge is 0.345 e. The van der Waals surface area contributed by atoms with E-state index in [4.69, 9.17) is 5.73 Å². The molecule has 0 saturated heterocycles. The Balaban J connectivity index is 0.00000220. The number of hydrogen-bond acceptors (Lipinski definition) is 2. The molecule has 1 aromatic rings. The number of carbonyl (C=O) groups excluding carboxylic acids is 1. The Bertz CT molecular complexity index is 475. The number of carbonyl (C=O) groups is 1. The molecule has 0 radical (unpaired) electrons. The van der Waals surface area contributed by atoms with Crippen LogP contribution in [0.5, 0.6) is 0 Å². The quantitative estimate of drug-likeness (QED) is 0.877. The highest BCUT2D eigenvalue weighted by Gasteiger charge is 2.27. The maximum absolute atomic E-state index is 12.5. The van der Waals surface area contributed by atoms with E-state index in [9.17, 15) is 4.79 Å². The minimum atomic E-state index is -0.271. The second kappa shape index (κ2) is 7.81. The van der Waals surface area contributed by atoms with Gasteiger partial charge in [0.05, 0.1) is 5.54 Å². The molecule has 1 aliphatic carbocycles. The molecule has 3 N–H and O–H groups in total. The number of nitrogens with two attached hydrogens (primary N) is 1. The van der Waals surface area contributed by atoms with Gasteiger partial charge >= 0.3 is 0 Å². The standard InChI is InChI=1S/C17H26N2O.ClH/c1-3-17(4-2,12-18)19-16(20)15-10-9-13-7-5-6-8-14(13)11-15;/h9-11H,3-8,12,18H2,1-2H3,(H,19,20);1H. The number of hydrogen-bond donors (Lipinski definition) is 2. The lowest BCUT2D eigenvalue weighted by Gasteiger charge is -2.31. The number of amides is 1. The van der Waals surface area contributed by atoms with Crippen molar-refractivity contribution in [2.45, 2.75) is 57.9 Å². The molecule has 0 aromatic heterocycles. The van der Waals surface area contributed by atoms with Crippen LogP contribution >= 0.6 is 12.4 Å². The van der Waals surface area contributed by atoms with Crippen molar-refractivity contribution in [1.82, 2.24) is 5.32 Å². The number of fused-ring (bicyclic) bond motifs is 1. The molecule has 3 nitrogen and oxygen atoms in total. The average molecular weight is 311 g/mol. The maximum Gasteiger partial charge on any atom is 0.251 e. The molecule has 0 heterocycles. The zero-order chi connectivity index (χ0) is 14.6. The van der Waals surface area contributed by atoms with Gasteiger partial charge in [0, 0.05) is 12.1 Å². The summed E-state index contributed by atoms with van der Waals surface area (Å²) in [5, 5.41) is 3.14. The summed E-state index contributed by atoms with van der Waals surface area (Å²) in [6, 6.07) is 6.13. The van der Waals surface area contributed by atoms with E-state index in [-0.39, 0.29) is 23.9 Å². The van der Waals surface area contributed by atoms with Gasteiger partial charge in [-0.05, 0) is 61.8 Å². The Morgan fingerprint density at radius 3 is 2.38 bits per heavy atom. The van der Waals surface area contributed by atoms with Gasteiger partial charge in [-0.3, -0.25) is 4.79 Å². The van der Waals surface area contributed by atoms with Crippen LogP contribution in [0, 0.1) is 0 Å². The van der Waals surface area contributed by atoms with Crippen molar-refractivity contribution in [2.24, 2.45) is 5.73 Å². The van der Waals surface area contributed by atoms with Crippen molar-refractivity contribution in [3.8, 4) is 0 Å². The van der Waals surface area contributed by atoms with Gasteiger partial charge in [-0.1, -0.05) is 19.9 Å². The Hall–Kier alpha value is -1.06. The Morgan fingerprint density at radius 1 is 1.19 bits per heavy atom. The second-order valence-electron chi connectivity index (χ2n) is 5.84. The molecule has 2 rings (SSSR count). The first-order chi connectivity index (χ1) is 9.64. The maximum atomic E-state index is 12.5. The van der Waals surface area contributed by atoms with Crippen molar-refractivity contribution in [1.29, 1.82) is 0 Å². The van der Waals surface area contributed by atoms with Gasteiger partial charge in [-0.25, -0.2) is 0 Å². The summed E-state index contributed by atoms with van der Waals surface area (Å²) >= 11 is 0. The fourth-order valence-corrected chi connectivity index (χ4v) is 2.95. The SMILES string of the molecule is CCC(CC)(CN)NC(=O)c1ccc2c(c1)CCCC2.Cl. The molecule has 1 aliphatic rings. The summed E-state index contributed by atoms with van der Waals surface area (Å²) in [5.41, 5.74) is 9.10. The summed E-state index contributed by atoms with van der Waals surface area (Å²) in [6.45, 7) is 4.63. The third-order valence-electron chi connectivity index (χ3n) is 4.73. The minimum absolute atomic E-state index is 0. The molecule has 1 amide bonds. The first kappa shape index (κ1) is 18.0. The molecule has 0 aliphatic heterocycles. The van der Waals surface area contributed by atoms with Crippen molar-refractivity contribution in [3.63, 3.8) is 0 Å². The molecule has 0 atom stereocenters. The van der Waals surface area contributed by atoms with Crippen LogP contribution in [-0.4, -0.2) is 18.0 Å². The molecule has 4 heteroatoms. The molecule has 21 heavy (non-hydrogen) atoms. The van der Waals surface area contributed by atoms with Gasteiger partial charge in [0.15, 0.2) is 0 Å². The number of benzene rings is 1. The topological polar surface area (TPSA) is 55.1 Å². The number of nitrogens with one attached hydrogen (secondary N) is 1. The van der Waals surface area contributed by atoms with Crippen LogP contribution in [0.3, 0.4) is 0 Å². The van der Waals surface area contributed by atoms with Crippen LogP contribution in [0.15, 0.2) is 18.2 Å². The molecule has 0 spiro atoms. The van der Waals surface area contributed by atoms with Gasteiger partial charge in [-0.2, -0.15) is 0 Å². The highest BCUT2D eigenvalue weighted by molar-refractivity contribution is 5.95. The lowest BCUT2D eigenvalue weighted by molar-refractivity contribution is 0.0895. The predicted molar refractivity (Wildman–Crippen MR) is 90.2 cm³/mol. The van der Waals surface area contributed by atoms with Crippen molar-refractivity contribution in [2.75, 3.05) is 6.54 Å². The summed E-state index contributed by atoms with van der Waals surface area (Å²) in [4.78, 5) is 12.5. The van der Waals surface area contributed by atoms with E-state index in [1.165, 1.54) is 24.0 Å². The molecule has 0 fully saturated rings. The molecule has 0 unspecified atom stereocenters. The summed E-state index contributed by atoms with van der Waals surface area (Å²) in [7, 11) is 0. The second-order valence-corrected chi connectivity index (χ2v) is 5.84. The first-order valence-corrected chi connectivity index (χ1v) is 7.78. The predicted octanol–water partition coefficient (Wildman–Crippen LogP) is 3.23. The fourth-order valence-electron chi connectivity index (χ4n) is 2.95. The van der Waals surface area contributed by atoms with Crippen LogP contribution in [0.2, 0.25) is 0 Å². The van der Waals surface area contributed by atoms with Crippen LogP contribution < -0.4 is 11.1 Å². The minimum Gasteiger partial charge on any atom is -0.345 e. The lowest BCUT2D eigenvalue weighted by Crippen LogP contribution is -2.52. The van der Waals surface area contributed by atoms with Gasteiger partial charge in [0.1, 0.15) is 0 Å². The molecule has 0 bridgehead atoms. The van der Waals surface area contributed by atoms with E-state index in [2.05, 4.69) is 31.3 Å². The van der Waals surface area contributed by atoms with Gasteiger partial charge in [0.25, 0.3) is 5.91 Å². The van der Waals surface area contributed by atoms with Crippen LogP contribution in [0.4, 0.5) is 0 Å². The van der Waals surface area contributed by atoms with Crippen molar-refractivity contribution in [3.05, 3.63) is 34.9 Å². The molecule has 0 saturated carbocycles. The Kier molecular flexibility index (Phi) is 6.69. The van der Waals surface area contributed by atoms with E-state index >= 15 is 0 Å². The molecular formula is C17H27ClN2O. The van der Waals surface area contributed by atoms with Crippen LogP contribution in [-0.2, 0) is 12.8 Å². The average Bonchev–Trinajstić information content (AvgIpc) is 2.52. The van der Waals surface area contributed by atoms with Crippen molar-refractivity contribution < 1.29 is 4.79 Å². The molecular weight excluding hydrogens is 284 g/mol. The number of halogens is 1. The smallest absolute Gasteiger partial charge is 0.251 e. The Labute approximate surface area is 134 Å². The summed E-state index contributed by atoms with van der Waals surface area (Å²) < 4.78 is 0. The zero-order valence-electron chi connectivity index (χ0n) is 13.1. The number of rotatable bonds is 5. The van der Waals surface area contributed by atoms with E-state index in [0.29, 0.717) is 6.54 Å². The van der Waals surface area contributed by atoms with E-state index in [1.807, 2.05) is 6.07 Å². The lowest BCUT2D eigenvalue weighted by atomic mass is 9.89. The Morgan fingerprint density at radius 2 is 1.81 bits per heavy atom. The fraction of sp³-hybridized carbons (Fsp3) is 0.588. The summed E-state index contributed by atoms with van der Waals surface area (Å²) in [5.74, 6) is 0.00697. The van der Waals surface area contributed by atoms with E-state index < -0.39 is 0 Å². The van der Waals surface area contributed by atoms with Gasteiger partial charge < -0.3 is 11.1 Å². The normalized spacial score (nSPS) is 14.0. The third kappa shape index (κ3) is 3.98. The van der Waals surface area contributed by atoms with Crippen LogP contribution in [0.1, 0.15) is 61.0 Å². The van der Waals surface area contributed by atoms with E-state index in [0.717, 1.165) is 31.2 Å². The highest BCUT2D eigenvalue weighted by atomic mass is 35.5. The van der Waals surface area contributed by atoms with Crippen molar-refractivity contribution >= 4 is 18.3 Å². The highest BCUT2D eigenvalue weighted by Crippen LogP contribution is 2.23. The van der Waals surface area contributed by atoms with Gasteiger partial charge in [0.2, 0.25) is 0 Å². The zero-order valence-corrected chi connectivity index (χ0v) is 13.9. The monoisotopic (exact) mass is 310 g/mol. The summed E-state index contributed by atoms with van der Waals surface area (Å²) in [6.07, 6.45) is 6.45. The molecule has 118 valence electrons. The molecule has 1 aromatic carbocycles. The van der Waals surface area contributed by atoms with E-state index in [1.54, 1.807) is 0 Å². The third-order valence-corrected chi connectivity index (χ3v) is 4.73. The van der Waals surface area contributed by atoms with Gasteiger partial charge in [-0.15, -0.1) is 12.4 Å². The number of aryl methyl sites for hydroxylation is 2. The van der Waals surface area contributed by atoms with Crippen LogP contribution in [0.25, 0.3) is 0 Å².